The highest BCUT2D eigenvalue weighted by Gasteiger charge is 2.67. The molecule has 3 aromatic rings. The molecule has 2 atom stereocenters. The molecule has 2 bridgehead atoms. The number of hydrogen-bond donors (Lipinski definition) is 1. The predicted octanol–water partition coefficient (Wildman–Crippen LogP) is 3.36. The second-order valence-corrected chi connectivity index (χ2v) is 10.3. The molecule has 0 radical (unpaired) electrons. The van der Waals surface area contributed by atoms with Gasteiger partial charge in [-0.25, -0.2) is 4.68 Å². The molecule has 1 saturated carbocycles. The average Bonchev–Trinajstić information content (AvgIpc) is 3.52. The van der Waals surface area contributed by atoms with Crippen LogP contribution in [0.15, 0.2) is 30.6 Å². The smallest absolute Gasteiger partial charge is 0.471 e. The van der Waals surface area contributed by atoms with Gasteiger partial charge in [-0.2, -0.15) is 13.2 Å². The SMILES string of the molecule is C[C@@H](Oc1ccc2ncc3c(c2c1)CCOC3)c1cn(C23CC(C)(C2)OC3CNC(=O)C(F)(F)F)nn1. The molecule has 1 amide bonds. The topological polar surface area (TPSA) is 100 Å². The molecular formula is C25H26F3N5O4. The van der Waals surface area contributed by atoms with Gasteiger partial charge in [-0.1, -0.05) is 5.21 Å². The van der Waals surface area contributed by atoms with Gasteiger partial charge in [-0.05, 0) is 49.6 Å². The number of fused-ring (bicyclic) bond motifs is 4. The lowest BCUT2D eigenvalue weighted by Gasteiger charge is -2.43. The number of nitrogens with one attached hydrogen (secondary N) is 1. The third-order valence-corrected chi connectivity index (χ3v) is 7.58. The number of carbonyl (C=O) groups is 1. The normalized spacial score (nSPS) is 27.4. The van der Waals surface area contributed by atoms with E-state index in [-0.39, 0.29) is 6.54 Å². The first-order valence-electron chi connectivity index (χ1n) is 12.2. The number of ether oxygens (including phenoxy) is 3. The molecule has 3 fully saturated rings. The summed E-state index contributed by atoms with van der Waals surface area (Å²) < 4.78 is 57.4. The monoisotopic (exact) mass is 517 g/mol. The van der Waals surface area contributed by atoms with Gasteiger partial charge >= 0.3 is 12.1 Å². The molecule has 1 aromatic carbocycles. The van der Waals surface area contributed by atoms with E-state index in [1.54, 1.807) is 10.9 Å². The molecule has 0 spiro atoms. The molecular weight excluding hydrogens is 491 g/mol. The molecule has 196 valence electrons. The van der Waals surface area contributed by atoms with Crippen molar-refractivity contribution >= 4 is 16.8 Å². The lowest BCUT2D eigenvalue weighted by molar-refractivity contribution is -0.174. The summed E-state index contributed by atoms with van der Waals surface area (Å²) >= 11 is 0. The fourth-order valence-corrected chi connectivity index (χ4v) is 5.90. The molecule has 12 heteroatoms. The number of carbonyl (C=O) groups excluding carboxylic acids is 1. The number of alkyl halides is 3. The first-order valence-corrected chi connectivity index (χ1v) is 12.2. The molecule has 37 heavy (non-hydrogen) atoms. The number of halogens is 3. The van der Waals surface area contributed by atoms with Crippen LogP contribution in [-0.4, -0.2) is 56.9 Å². The fourth-order valence-electron chi connectivity index (χ4n) is 5.90. The summed E-state index contributed by atoms with van der Waals surface area (Å²) in [4.78, 5) is 15.9. The molecule has 2 saturated heterocycles. The highest BCUT2D eigenvalue weighted by atomic mass is 19.4. The molecule has 1 N–H and O–H groups in total. The van der Waals surface area contributed by atoms with Crippen LogP contribution in [0.3, 0.4) is 0 Å². The maximum Gasteiger partial charge on any atom is 0.471 e. The minimum atomic E-state index is -4.95. The van der Waals surface area contributed by atoms with Crippen molar-refractivity contribution < 1.29 is 32.2 Å². The van der Waals surface area contributed by atoms with Crippen molar-refractivity contribution in [3.05, 3.63) is 47.4 Å². The summed E-state index contributed by atoms with van der Waals surface area (Å²) in [5.74, 6) is -1.32. The maximum absolute atomic E-state index is 12.7. The molecule has 3 aliphatic heterocycles. The molecule has 9 nitrogen and oxygen atoms in total. The molecule has 4 aliphatic rings. The molecule has 1 aliphatic carbocycles. The number of nitrogens with zero attached hydrogens (tertiary/aromatic N) is 4. The van der Waals surface area contributed by atoms with Crippen LogP contribution in [0.4, 0.5) is 13.2 Å². The third-order valence-electron chi connectivity index (χ3n) is 7.58. The van der Waals surface area contributed by atoms with Crippen LogP contribution >= 0.6 is 0 Å². The van der Waals surface area contributed by atoms with Crippen LogP contribution < -0.4 is 10.1 Å². The van der Waals surface area contributed by atoms with E-state index in [1.807, 2.05) is 43.6 Å². The van der Waals surface area contributed by atoms with E-state index >= 15 is 0 Å². The Hall–Kier alpha value is -3.25. The van der Waals surface area contributed by atoms with E-state index in [9.17, 15) is 18.0 Å². The number of aromatic nitrogens is 4. The quantitative estimate of drug-likeness (QED) is 0.535. The largest absolute Gasteiger partial charge is 0.484 e. The van der Waals surface area contributed by atoms with E-state index in [0.717, 1.165) is 22.9 Å². The van der Waals surface area contributed by atoms with Gasteiger partial charge in [-0.15, -0.1) is 5.10 Å². The van der Waals surface area contributed by atoms with Crippen LogP contribution in [0.5, 0.6) is 5.75 Å². The van der Waals surface area contributed by atoms with Crippen LogP contribution in [-0.2, 0) is 32.8 Å². The average molecular weight is 518 g/mol. The fraction of sp³-hybridized carbons (Fsp3) is 0.520. The summed E-state index contributed by atoms with van der Waals surface area (Å²) in [5, 5.41) is 11.5. The summed E-state index contributed by atoms with van der Waals surface area (Å²) in [5.41, 5.74) is 2.63. The zero-order valence-electron chi connectivity index (χ0n) is 20.3. The Balaban J connectivity index is 1.19. The van der Waals surface area contributed by atoms with Crippen molar-refractivity contribution in [3.63, 3.8) is 0 Å². The zero-order chi connectivity index (χ0) is 26.0. The van der Waals surface area contributed by atoms with Crippen LogP contribution in [0.25, 0.3) is 10.9 Å². The summed E-state index contributed by atoms with van der Waals surface area (Å²) in [6, 6.07) is 5.77. The van der Waals surface area contributed by atoms with Gasteiger partial charge in [0.05, 0.1) is 36.1 Å². The number of hydrogen-bond acceptors (Lipinski definition) is 7. The minimum absolute atomic E-state index is 0.268. The van der Waals surface area contributed by atoms with Gasteiger partial charge in [0.2, 0.25) is 0 Å². The van der Waals surface area contributed by atoms with E-state index in [1.165, 1.54) is 5.56 Å². The number of amides is 1. The van der Waals surface area contributed by atoms with Crippen molar-refractivity contribution in [1.29, 1.82) is 0 Å². The van der Waals surface area contributed by atoms with Crippen molar-refractivity contribution in [2.24, 2.45) is 0 Å². The van der Waals surface area contributed by atoms with E-state index < -0.39 is 35.4 Å². The van der Waals surface area contributed by atoms with E-state index in [4.69, 9.17) is 14.2 Å². The first-order chi connectivity index (χ1) is 17.6. The molecule has 2 aromatic heterocycles. The highest BCUT2D eigenvalue weighted by Crippen LogP contribution is 2.59. The van der Waals surface area contributed by atoms with Gasteiger partial charge < -0.3 is 19.5 Å². The molecule has 7 rings (SSSR count). The highest BCUT2D eigenvalue weighted by molar-refractivity contribution is 5.84. The lowest BCUT2D eigenvalue weighted by atomic mass is 9.67. The summed E-state index contributed by atoms with van der Waals surface area (Å²) in [7, 11) is 0. The number of pyridine rings is 1. The first kappa shape index (κ1) is 24.1. The molecule has 5 heterocycles. The van der Waals surface area contributed by atoms with Gasteiger partial charge in [0, 0.05) is 31.0 Å². The van der Waals surface area contributed by atoms with Gasteiger partial charge in [0.25, 0.3) is 0 Å². The van der Waals surface area contributed by atoms with E-state index in [2.05, 4.69) is 15.3 Å². The van der Waals surface area contributed by atoms with Crippen molar-refractivity contribution in [3.8, 4) is 5.75 Å². The Bertz CT molecular complexity index is 1370. The van der Waals surface area contributed by atoms with Crippen LogP contribution in [0.1, 0.15) is 49.6 Å². The Morgan fingerprint density at radius 1 is 1.35 bits per heavy atom. The second kappa shape index (κ2) is 8.38. The van der Waals surface area contributed by atoms with Crippen molar-refractivity contribution in [1.82, 2.24) is 25.3 Å². The summed E-state index contributed by atoms with van der Waals surface area (Å²) in [6.07, 6.45) is -0.480. The maximum atomic E-state index is 12.7. The standard InChI is InChI=1S/C25H26F3N5O4/c1-14(36-16-3-4-19-18(7-16)17-5-6-35-11-15(17)8-29-19)20-10-33(32-31-20)24-12-23(2,13-24)37-21(24)9-30-22(34)25(26,27)28/h3-4,7-8,10,14,21H,5-6,9,11-13H2,1-2H3,(H,30,34)/t14-,21?,23?,24?/m1/s1. The van der Waals surface area contributed by atoms with Gasteiger partial charge in [-0.3, -0.25) is 9.78 Å². The lowest BCUT2D eigenvalue weighted by Crippen LogP contribution is -2.54. The number of benzene rings is 1. The Morgan fingerprint density at radius 3 is 2.95 bits per heavy atom. The third kappa shape index (κ3) is 4.11. The Kier molecular flexibility index (Phi) is 5.46. The van der Waals surface area contributed by atoms with Crippen molar-refractivity contribution in [2.45, 2.75) is 69.2 Å². The minimum Gasteiger partial charge on any atom is -0.484 e. The number of rotatable bonds is 6. The van der Waals surface area contributed by atoms with Gasteiger partial charge in [0.1, 0.15) is 23.7 Å². The summed E-state index contributed by atoms with van der Waals surface area (Å²) in [6.45, 7) is 4.71. The second-order valence-electron chi connectivity index (χ2n) is 10.3. The van der Waals surface area contributed by atoms with Gasteiger partial charge in [0.15, 0.2) is 0 Å². The van der Waals surface area contributed by atoms with E-state index in [0.29, 0.717) is 37.5 Å². The molecule has 1 unspecified atom stereocenters. The van der Waals surface area contributed by atoms with Crippen LogP contribution in [0.2, 0.25) is 0 Å². The van der Waals surface area contributed by atoms with Crippen molar-refractivity contribution in [2.75, 3.05) is 13.2 Å². The zero-order valence-corrected chi connectivity index (χ0v) is 20.3. The predicted molar refractivity (Wildman–Crippen MR) is 124 cm³/mol. The Labute approximate surface area is 210 Å². The van der Waals surface area contributed by atoms with Crippen LogP contribution in [0, 0.1) is 0 Å². The Morgan fingerprint density at radius 2 is 2.16 bits per heavy atom.